The van der Waals surface area contributed by atoms with E-state index < -0.39 is 11.5 Å². The van der Waals surface area contributed by atoms with Gasteiger partial charge in [0.05, 0.1) is 18.7 Å². The Balaban J connectivity index is 1.75. The van der Waals surface area contributed by atoms with Crippen molar-refractivity contribution in [2.75, 3.05) is 19.7 Å². The first-order chi connectivity index (χ1) is 15.1. The summed E-state index contributed by atoms with van der Waals surface area (Å²) in [6.07, 6.45) is 1.45. The summed E-state index contributed by atoms with van der Waals surface area (Å²) >= 11 is 0. The second kappa shape index (κ2) is 10.6. The third-order valence-corrected chi connectivity index (χ3v) is 5.73. The van der Waals surface area contributed by atoms with E-state index in [0.29, 0.717) is 19.4 Å². The standard InChI is InChI=1S/C24H28N4O3/c1-2-31-23(30)27-26-22(29)21-14-9-16-28(21)17-15-24(18-25,19-10-5-3-6-11-19)20-12-7-4-8-13-20/h3-8,10-13,21H,2,9,14-17H2,1H3,(H,26,29)(H,27,30)/t21-/m0/s1. The molecule has 2 aromatic carbocycles. The van der Waals surface area contributed by atoms with Crippen LogP contribution in [0.3, 0.4) is 0 Å². The van der Waals surface area contributed by atoms with Crippen molar-refractivity contribution in [2.45, 2.75) is 37.6 Å². The molecule has 7 nitrogen and oxygen atoms in total. The Kier molecular flexibility index (Phi) is 7.63. The molecule has 162 valence electrons. The summed E-state index contributed by atoms with van der Waals surface area (Å²) in [5, 5.41) is 10.3. The first kappa shape index (κ1) is 22.3. The molecule has 0 bridgehead atoms. The number of hydrogen-bond acceptors (Lipinski definition) is 5. The zero-order chi connectivity index (χ0) is 22.1. The highest BCUT2D eigenvalue weighted by atomic mass is 16.5. The molecule has 2 N–H and O–H groups in total. The molecule has 0 unspecified atom stereocenters. The number of likely N-dealkylation sites (tertiary alicyclic amines) is 1. The molecule has 1 saturated heterocycles. The van der Waals surface area contributed by atoms with Crippen LogP contribution in [0.2, 0.25) is 0 Å². The Morgan fingerprint density at radius 2 is 1.71 bits per heavy atom. The maximum Gasteiger partial charge on any atom is 0.426 e. The SMILES string of the molecule is CCOC(=O)NNC(=O)[C@@H]1CCCN1CCC(C#N)(c1ccccc1)c1ccccc1. The Labute approximate surface area is 183 Å². The third-order valence-electron chi connectivity index (χ3n) is 5.73. The molecule has 1 heterocycles. The van der Waals surface area contributed by atoms with E-state index in [2.05, 4.69) is 21.8 Å². The summed E-state index contributed by atoms with van der Waals surface area (Å²) in [7, 11) is 0. The Morgan fingerprint density at radius 3 is 2.26 bits per heavy atom. The first-order valence-corrected chi connectivity index (χ1v) is 10.6. The van der Waals surface area contributed by atoms with Crippen LogP contribution in [0, 0.1) is 11.3 Å². The summed E-state index contributed by atoms with van der Waals surface area (Å²) in [4.78, 5) is 26.1. The molecule has 1 atom stereocenters. The molecule has 2 amide bonds. The van der Waals surface area contributed by atoms with Gasteiger partial charge in [0.15, 0.2) is 0 Å². The zero-order valence-electron chi connectivity index (χ0n) is 17.7. The number of carbonyl (C=O) groups is 2. The van der Waals surface area contributed by atoms with Gasteiger partial charge in [-0.25, -0.2) is 10.2 Å². The molecule has 31 heavy (non-hydrogen) atoms. The lowest BCUT2D eigenvalue weighted by Crippen LogP contribution is -2.51. The van der Waals surface area contributed by atoms with Crippen LogP contribution in [0.4, 0.5) is 4.79 Å². The van der Waals surface area contributed by atoms with Crippen LogP contribution < -0.4 is 10.9 Å². The normalized spacial score (nSPS) is 16.3. The van der Waals surface area contributed by atoms with Crippen molar-refractivity contribution in [3.63, 3.8) is 0 Å². The number of amides is 2. The predicted molar refractivity (Wildman–Crippen MR) is 117 cm³/mol. The largest absolute Gasteiger partial charge is 0.449 e. The second-order valence-electron chi connectivity index (χ2n) is 7.53. The number of nitrogens with one attached hydrogen (secondary N) is 2. The minimum absolute atomic E-state index is 0.229. The number of nitriles is 1. The molecule has 3 rings (SSSR count). The summed E-state index contributed by atoms with van der Waals surface area (Å²) < 4.78 is 4.77. The Morgan fingerprint density at radius 1 is 1.10 bits per heavy atom. The molecular weight excluding hydrogens is 392 g/mol. The molecule has 7 heteroatoms. The summed E-state index contributed by atoms with van der Waals surface area (Å²) in [6.45, 7) is 3.27. The minimum atomic E-state index is -0.810. The van der Waals surface area contributed by atoms with E-state index in [1.807, 2.05) is 60.7 Å². The van der Waals surface area contributed by atoms with Crippen molar-refractivity contribution in [1.29, 1.82) is 5.26 Å². The van der Waals surface area contributed by atoms with Gasteiger partial charge in [0.1, 0.15) is 5.41 Å². The number of nitrogens with zero attached hydrogens (tertiary/aromatic N) is 2. The first-order valence-electron chi connectivity index (χ1n) is 10.6. The van der Waals surface area contributed by atoms with Crippen LogP contribution in [0.25, 0.3) is 0 Å². The lowest BCUT2D eigenvalue weighted by Gasteiger charge is -2.31. The lowest BCUT2D eigenvalue weighted by atomic mass is 9.73. The molecule has 0 aliphatic carbocycles. The van der Waals surface area contributed by atoms with E-state index >= 15 is 0 Å². The summed E-state index contributed by atoms with van der Waals surface area (Å²) in [5.41, 5.74) is 5.79. The summed E-state index contributed by atoms with van der Waals surface area (Å²) in [5.74, 6) is -0.271. The molecule has 0 spiro atoms. The monoisotopic (exact) mass is 420 g/mol. The van der Waals surface area contributed by atoms with Gasteiger partial charge in [-0.3, -0.25) is 15.1 Å². The molecule has 2 aromatic rings. The minimum Gasteiger partial charge on any atom is -0.449 e. The van der Waals surface area contributed by atoms with Crippen LogP contribution in [-0.4, -0.2) is 42.6 Å². The number of benzene rings is 2. The maximum atomic E-state index is 12.6. The highest BCUT2D eigenvalue weighted by molar-refractivity contribution is 5.83. The van der Waals surface area contributed by atoms with Crippen molar-refractivity contribution < 1.29 is 14.3 Å². The van der Waals surface area contributed by atoms with Gasteiger partial charge in [-0.15, -0.1) is 0 Å². The fourth-order valence-corrected chi connectivity index (χ4v) is 4.15. The van der Waals surface area contributed by atoms with Crippen molar-refractivity contribution in [3.05, 3.63) is 71.8 Å². The van der Waals surface area contributed by atoms with E-state index in [4.69, 9.17) is 4.74 Å². The van der Waals surface area contributed by atoms with Gasteiger partial charge in [-0.05, 0) is 43.9 Å². The predicted octanol–water partition coefficient (Wildman–Crippen LogP) is 3.13. The molecule has 0 radical (unpaired) electrons. The number of rotatable bonds is 7. The van der Waals surface area contributed by atoms with Gasteiger partial charge in [0, 0.05) is 6.54 Å². The van der Waals surface area contributed by atoms with E-state index in [0.717, 1.165) is 24.1 Å². The zero-order valence-corrected chi connectivity index (χ0v) is 17.7. The van der Waals surface area contributed by atoms with Crippen LogP contribution in [0.1, 0.15) is 37.3 Å². The van der Waals surface area contributed by atoms with Crippen molar-refractivity contribution >= 4 is 12.0 Å². The molecule has 1 aliphatic rings. The third kappa shape index (κ3) is 5.22. The van der Waals surface area contributed by atoms with Gasteiger partial charge < -0.3 is 4.74 Å². The lowest BCUT2D eigenvalue weighted by molar-refractivity contribution is -0.126. The van der Waals surface area contributed by atoms with Gasteiger partial charge in [-0.2, -0.15) is 5.26 Å². The maximum absolute atomic E-state index is 12.6. The average molecular weight is 421 g/mol. The van der Waals surface area contributed by atoms with Gasteiger partial charge in [0.2, 0.25) is 0 Å². The van der Waals surface area contributed by atoms with Crippen molar-refractivity contribution in [3.8, 4) is 6.07 Å². The van der Waals surface area contributed by atoms with Gasteiger partial charge >= 0.3 is 6.09 Å². The molecule has 1 fully saturated rings. The van der Waals surface area contributed by atoms with E-state index in [9.17, 15) is 14.9 Å². The molecular formula is C24H28N4O3. The highest BCUT2D eigenvalue weighted by Gasteiger charge is 2.37. The number of carbonyl (C=O) groups excluding carboxylic acids is 2. The fraction of sp³-hybridized carbons (Fsp3) is 0.375. The van der Waals surface area contributed by atoms with Gasteiger partial charge in [0.25, 0.3) is 5.91 Å². The van der Waals surface area contributed by atoms with Crippen LogP contribution in [-0.2, 0) is 14.9 Å². The topological polar surface area (TPSA) is 94.5 Å². The van der Waals surface area contributed by atoms with Crippen molar-refractivity contribution in [1.82, 2.24) is 15.8 Å². The number of hydrazine groups is 1. The van der Waals surface area contributed by atoms with Crippen LogP contribution >= 0.6 is 0 Å². The average Bonchev–Trinajstić information content (AvgIpc) is 3.29. The fourth-order valence-electron chi connectivity index (χ4n) is 4.15. The second-order valence-corrected chi connectivity index (χ2v) is 7.53. The Hall–Kier alpha value is -3.37. The molecule has 0 aromatic heterocycles. The van der Waals surface area contributed by atoms with Crippen LogP contribution in [0.5, 0.6) is 0 Å². The van der Waals surface area contributed by atoms with Crippen molar-refractivity contribution in [2.24, 2.45) is 0 Å². The summed E-state index contributed by atoms with van der Waals surface area (Å²) in [6, 6.07) is 21.8. The molecule has 0 saturated carbocycles. The smallest absolute Gasteiger partial charge is 0.426 e. The van der Waals surface area contributed by atoms with E-state index in [-0.39, 0.29) is 18.6 Å². The highest BCUT2D eigenvalue weighted by Crippen LogP contribution is 2.36. The quantitative estimate of drug-likeness (QED) is 0.671. The Bertz CT molecular complexity index is 872. The van der Waals surface area contributed by atoms with E-state index in [1.165, 1.54) is 0 Å². The van der Waals surface area contributed by atoms with Crippen LogP contribution in [0.15, 0.2) is 60.7 Å². The number of ether oxygens (including phenoxy) is 1. The van der Waals surface area contributed by atoms with E-state index in [1.54, 1.807) is 6.92 Å². The number of hydrogen-bond donors (Lipinski definition) is 2. The van der Waals surface area contributed by atoms with Gasteiger partial charge in [-0.1, -0.05) is 60.7 Å². The molecule has 1 aliphatic heterocycles.